The Morgan fingerprint density at radius 2 is 2.33 bits per heavy atom. The van der Waals surface area contributed by atoms with Crippen LogP contribution in [0.25, 0.3) is 5.52 Å². The number of carbonyl (C=O) groups excluding carboxylic acids is 1. The molecule has 0 aliphatic carbocycles. The van der Waals surface area contributed by atoms with Gasteiger partial charge in [0.2, 0.25) is 0 Å². The van der Waals surface area contributed by atoms with Gasteiger partial charge in [0.05, 0.1) is 18.9 Å². The first-order valence-corrected chi connectivity index (χ1v) is 5.14. The maximum Gasteiger partial charge on any atom is 0.163 e. The molecule has 15 heavy (non-hydrogen) atoms. The van der Waals surface area contributed by atoms with Gasteiger partial charge in [0.25, 0.3) is 0 Å². The van der Waals surface area contributed by atoms with Crippen molar-refractivity contribution in [2.45, 2.75) is 6.92 Å². The second-order valence-electron chi connectivity index (χ2n) is 3.13. The molecule has 0 radical (unpaired) electrons. The van der Waals surface area contributed by atoms with E-state index < -0.39 is 0 Å². The number of nitrogens with zero attached hydrogens (tertiary/aromatic N) is 2. The van der Waals surface area contributed by atoms with Gasteiger partial charge in [-0.1, -0.05) is 0 Å². The minimum Gasteiger partial charge on any atom is -0.494 e. The number of ketones is 1. The van der Waals surface area contributed by atoms with Gasteiger partial charge in [-0.15, -0.1) is 0 Å². The van der Waals surface area contributed by atoms with Crippen LogP contribution in [0.1, 0.15) is 17.3 Å². The van der Waals surface area contributed by atoms with Crippen LogP contribution >= 0.6 is 15.9 Å². The van der Waals surface area contributed by atoms with Crippen molar-refractivity contribution in [1.29, 1.82) is 0 Å². The van der Waals surface area contributed by atoms with E-state index in [2.05, 4.69) is 21.0 Å². The molecule has 0 aliphatic rings. The van der Waals surface area contributed by atoms with E-state index in [1.165, 1.54) is 6.92 Å². The van der Waals surface area contributed by atoms with Crippen LogP contribution in [0.15, 0.2) is 22.9 Å². The standard InChI is InChI=1S/C10H9BrN2O2/c1-6(14)8-4-12-13-5-7(11)3-9(15-2)10(8)13/h3-5H,1-2H3. The largest absolute Gasteiger partial charge is 0.494 e. The van der Waals surface area contributed by atoms with Crippen molar-refractivity contribution >= 4 is 27.2 Å². The van der Waals surface area contributed by atoms with Crippen molar-refractivity contribution in [3.63, 3.8) is 0 Å². The second kappa shape index (κ2) is 3.66. The summed E-state index contributed by atoms with van der Waals surface area (Å²) in [6.45, 7) is 1.51. The van der Waals surface area contributed by atoms with E-state index in [4.69, 9.17) is 4.74 Å². The molecule has 2 rings (SSSR count). The molecule has 2 aromatic heterocycles. The molecule has 2 heterocycles. The number of ether oxygens (including phenoxy) is 1. The number of rotatable bonds is 2. The number of fused-ring (bicyclic) bond motifs is 1. The molecule has 0 aliphatic heterocycles. The maximum atomic E-state index is 11.4. The summed E-state index contributed by atoms with van der Waals surface area (Å²) in [7, 11) is 1.57. The highest BCUT2D eigenvalue weighted by atomic mass is 79.9. The van der Waals surface area contributed by atoms with E-state index >= 15 is 0 Å². The summed E-state index contributed by atoms with van der Waals surface area (Å²) in [5.41, 5.74) is 1.27. The molecule has 0 bridgehead atoms. The smallest absolute Gasteiger partial charge is 0.163 e. The predicted octanol–water partition coefficient (Wildman–Crippen LogP) is 2.31. The minimum absolute atomic E-state index is 0.0226. The number of hydrogen-bond acceptors (Lipinski definition) is 3. The van der Waals surface area contributed by atoms with Gasteiger partial charge in [-0.05, 0) is 28.9 Å². The Kier molecular flexibility index (Phi) is 2.48. The molecule has 5 heteroatoms. The lowest BCUT2D eigenvalue weighted by Crippen LogP contribution is -1.96. The Balaban J connectivity index is 2.83. The third kappa shape index (κ3) is 1.63. The zero-order chi connectivity index (χ0) is 11.0. The van der Waals surface area contributed by atoms with Crippen LogP contribution in [0.4, 0.5) is 0 Å². The number of methoxy groups -OCH3 is 1. The average molecular weight is 269 g/mol. The summed E-state index contributed by atoms with van der Waals surface area (Å²) in [5.74, 6) is 0.609. The van der Waals surface area contributed by atoms with Crippen LogP contribution in [0.5, 0.6) is 5.75 Å². The monoisotopic (exact) mass is 268 g/mol. The van der Waals surface area contributed by atoms with Crippen molar-refractivity contribution in [1.82, 2.24) is 9.61 Å². The molecule has 78 valence electrons. The summed E-state index contributed by atoms with van der Waals surface area (Å²) in [5, 5.41) is 4.10. The molecule has 0 fully saturated rings. The van der Waals surface area contributed by atoms with Gasteiger partial charge < -0.3 is 4.74 Å². The summed E-state index contributed by atoms with van der Waals surface area (Å²) in [6, 6.07) is 1.81. The topological polar surface area (TPSA) is 43.6 Å². The van der Waals surface area contributed by atoms with Gasteiger partial charge in [-0.2, -0.15) is 5.10 Å². The average Bonchev–Trinajstić information content (AvgIpc) is 2.59. The highest BCUT2D eigenvalue weighted by Crippen LogP contribution is 2.27. The third-order valence-corrected chi connectivity index (χ3v) is 2.58. The summed E-state index contributed by atoms with van der Waals surface area (Å²) >= 11 is 3.34. The fourth-order valence-electron chi connectivity index (χ4n) is 1.47. The number of carbonyl (C=O) groups is 1. The maximum absolute atomic E-state index is 11.4. The van der Waals surface area contributed by atoms with Crippen LogP contribution in [0.2, 0.25) is 0 Å². The fourth-order valence-corrected chi connectivity index (χ4v) is 1.87. The minimum atomic E-state index is -0.0226. The van der Waals surface area contributed by atoms with Crippen LogP contribution in [-0.4, -0.2) is 22.5 Å². The number of pyridine rings is 1. The van der Waals surface area contributed by atoms with Crippen molar-refractivity contribution < 1.29 is 9.53 Å². The van der Waals surface area contributed by atoms with Crippen LogP contribution in [-0.2, 0) is 0 Å². The van der Waals surface area contributed by atoms with Gasteiger partial charge in [0.15, 0.2) is 5.78 Å². The molecule has 0 amide bonds. The van der Waals surface area contributed by atoms with Gasteiger partial charge in [0.1, 0.15) is 11.3 Å². The first-order valence-electron chi connectivity index (χ1n) is 4.35. The fraction of sp³-hybridized carbons (Fsp3) is 0.200. The summed E-state index contributed by atoms with van der Waals surface area (Å²) in [6.07, 6.45) is 3.33. The van der Waals surface area contributed by atoms with Crippen molar-refractivity contribution in [2.24, 2.45) is 0 Å². The van der Waals surface area contributed by atoms with Crippen LogP contribution in [0.3, 0.4) is 0 Å². The third-order valence-electron chi connectivity index (χ3n) is 2.14. The molecule has 4 nitrogen and oxygen atoms in total. The van der Waals surface area contributed by atoms with Crippen molar-refractivity contribution in [3.05, 3.63) is 28.5 Å². The van der Waals surface area contributed by atoms with Gasteiger partial charge in [0, 0.05) is 10.7 Å². The SMILES string of the molecule is COc1cc(Br)cn2ncc(C(C)=O)c12. The Morgan fingerprint density at radius 1 is 1.60 bits per heavy atom. The Hall–Kier alpha value is -1.36. The number of Topliss-reactive ketones (excluding diaryl/α,β-unsaturated/α-hetero) is 1. The van der Waals surface area contributed by atoms with E-state index in [0.29, 0.717) is 16.8 Å². The Bertz CT molecular complexity index is 533. The number of halogens is 1. The number of hydrogen-bond donors (Lipinski definition) is 0. The lowest BCUT2D eigenvalue weighted by atomic mass is 10.2. The van der Waals surface area contributed by atoms with Crippen molar-refractivity contribution in [3.8, 4) is 5.75 Å². The molecule has 2 aromatic rings. The molecular weight excluding hydrogens is 260 g/mol. The zero-order valence-electron chi connectivity index (χ0n) is 8.32. The van der Waals surface area contributed by atoms with Gasteiger partial charge in [-0.3, -0.25) is 4.79 Å². The first-order chi connectivity index (χ1) is 7.13. The summed E-state index contributed by atoms with van der Waals surface area (Å²) < 4.78 is 7.69. The van der Waals surface area contributed by atoms with Crippen LogP contribution in [0, 0.1) is 0 Å². The van der Waals surface area contributed by atoms with E-state index in [-0.39, 0.29) is 5.78 Å². The highest BCUT2D eigenvalue weighted by molar-refractivity contribution is 9.10. The Labute approximate surface area is 95.0 Å². The predicted molar refractivity (Wildman–Crippen MR) is 59.4 cm³/mol. The molecular formula is C10H9BrN2O2. The van der Waals surface area contributed by atoms with Gasteiger partial charge >= 0.3 is 0 Å². The first kappa shape index (κ1) is 10.2. The lowest BCUT2D eigenvalue weighted by molar-refractivity contribution is 0.101. The van der Waals surface area contributed by atoms with E-state index in [1.807, 2.05) is 6.07 Å². The molecule has 0 saturated heterocycles. The molecule has 0 N–H and O–H groups in total. The second-order valence-corrected chi connectivity index (χ2v) is 4.05. The summed E-state index contributed by atoms with van der Waals surface area (Å²) in [4.78, 5) is 11.4. The highest BCUT2D eigenvalue weighted by Gasteiger charge is 2.13. The Morgan fingerprint density at radius 3 is 2.93 bits per heavy atom. The molecule has 0 unspecified atom stereocenters. The normalized spacial score (nSPS) is 10.6. The van der Waals surface area contributed by atoms with Crippen LogP contribution < -0.4 is 4.74 Å². The molecule has 0 aromatic carbocycles. The molecule has 0 atom stereocenters. The van der Waals surface area contributed by atoms with E-state index in [9.17, 15) is 4.79 Å². The van der Waals surface area contributed by atoms with E-state index in [0.717, 1.165) is 4.47 Å². The molecule has 0 spiro atoms. The van der Waals surface area contributed by atoms with E-state index in [1.54, 1.807) is 24.0 Å². The van der Waals surface area contributed by atoms with Gasteiger partial charge in [-0.25, -0.2) is 4.52 Å². The quantitative estimate of drug-likeness (QED) is 0.786. The number of aromatic nitrogens is 2. The molecule has 0 saturated carbocycles. The van der Waals surface area contributed by atoms with Crippen molar-refractivity contribution in [2.75, 3.05) is 7.11 Å². The zero-order valence-corrected chi connectivity index (χ0v) is 9.91. The lowest BCUT2D eigenvalue weighted by Gasteiger charge is -2.04.